The Labute approximate surface area is 105 Å². The molecule has 1 unspecified atom stereocenters. The van der Waals surface area contributed by atoms with Crippen LogP contribution < -0.4 is 4.74 Å². The number of aliphatic hydroxyl groups excluding tert-OH is 1. The summed E-state index contributed by atoms with van der Waals surface area (Å²) in [6.45, 7) is 3.34. The van der Waals surface area contributed by atoms with E-state index in [1.54, 1.807) is 44.3 Å². The Balaban J connectivity index is 2.23. The van der Waals surface area contributed by atoms with Crippen molar-refractivity contribution in [1.82, 2.24) is 4.98 Å². The molecule has 0 radical (unpaired) electrons. The summed E-state index contributed by atoms with van der Waals surface area (Å²) >= 11 is 0. The standard InChI is InChI=1S/C14H14FNO2/c1-9-7-12(3-4-13(9)15)18-14-8-11(10(2)17)5-6-16-14/h3-8,10,17H,1-2H3. The Morgan fingerprint density at radius 2 is 2.06 bits per heavy atom. The van der Waals surface area contributed by atoms with Gasteiger partial charge in [-0.2, -0.15) is 0 Å². The lowest BCUT2D eigenvalue weighted by Crippen LogP contribution is -1.94. The van der Waals surface area contributed by atoms with Crippen LogP contribution in [0.4, 0.5) is 4.39 Å². The fourth-order valence-electron chi connectivity index (χ4n) is 1.54. The molecule has 1 aromatic carbocycles. The van der Waals surface area contributed by atoms with Crippen molar-refractivity contribution < 1.29 is 14.2 Å². The van der Waals surface area contributed by atoms with E-state index in [1.807, 2.05) is 0 Å². The first-order valence-corrected chi connectivity index (χ1v) is 5.64. The van der Waals surface area contributed by atoms with Gasteiger partial charge >= 0.3 is 0 Å². The van der Waals surface area contributed by atoms with E-state index >= 15 is 0 Å². The zero-order valence-electron chi connectivity index (χ0n) is 10.2. The molecule has 1 N–H and O–H groups in total. The molecule has 3 nitrogen and oxygen atoms in total. The van der Waals surface area contributed by atoms with Crippen LogP contribution in [-0.4, -0.2) is 10.1 Å². The predicted octanol–water partition coefficient (Wildman–Crippen LogP) is 3.37. The van der Waals surface area contributed by atoms with E-state index in [4.69, 9.17) is 4.74 Å². The molecule has 0 aliphatic rings. The van der Waals surface area contributed by atoms with Crippen molar-refractivity contribution >= 4 is 0 Å². The highest BCUT2D eigenvalue weighted by molar-refractivity contribution is 5.33. The average Bonchev–Trinajstić information content (AvgIpc) is 2.34. The van der Waals surface area contributed by atoms with Crippen molar-refractivity contribution in [2.24, 2.45) is 0 Å². The third-order valence-corrected chi connectivity index (χ3v) is 2.59. The van der Waals surface area contributed by atoms with Gasteiger partial charge in [-0.05, 0) is 49.2 Å². The zero-order valence-corrected chi connectivity index (χ0v) is 10.2. The minimum Gasteiger partial charge on any atom is -0.439 e. The van der Waals surface area contributed by atoms with Crippen LogP contribution >= 0.6 is 0 Å². The first-order chi connectivity index (χ1) is 8.56. The lowest BCUT2D eigenvalue weighted by Gasteiger charge is -2.08. The maximum absolute atomic E-state index is 13.1. The number of pyridine rings is 1. The highest BCUT2D eigenvalue weighted by Crippen LogP contribution is 2.23. The van der Waals surface area contributed by atoms with Crippen LogP contribution in [0.1, 0.15) is 24.2 Å². The molecule has 0 amide bonds. The maximum atomic E-state index is 13.1. The summed E-state index contributed by atoms with van der Waals surface area (Å²) in [6, 6.07) is 7.87. The lowest BCUT2D eigenvalue weighted by molar-refractivity contribution is 0.198. The van der Waals surface area contributed by atoms with Gasteiger partial charge in [-0.1, -0.05) is 0 Å². The second-order valence-electron chi connectivity index (χ2n) is 4.12. The Hall–Kier alpha value is -1.94. The van der Waals surface area contributed by atoms with Crippen molar-refractivity contribution in [2.45, 2.75) is 20.0 Å². The number of halogens is 1. The molecular weight excluding hydrogens is 233 g/mol. The number of hydrogen-bond donors (Lipinski definition) is 1. The second kappa shape index (κ2) is 5.14. The van der Waals surface area contributed by atoms with E-state index in [0.717, 1.165) is 5.56 Å². The summed E-state index contributed by atoms with van der Waals surface area (Å²) in [4.78, 5) is 4.04. The Bertz CT molecular complexity index is 555. The monoisotopic (exact) mass is 247 g/mol. The molecule has 1 heterocycles. The van der Waals surface area contributed by atoms with Crippen LogP contribution in [0.5, 0.6) is 11.6 Å². The van der Waals surface area contributed by atoms with Crippen LogP contribution in [0, 0.1) is 12.7 Å². The fraction of sp³-hybridized carbons (Fsp3) is 0.214. The molecule has 18 heavy (non-hydrogen) atoms. The quantitative estimate of drug-likeness (QED) is 0.904. The number of aromatic nitrogens is 1. The van der Waals surface area contributed by atoms with Crippen molar-refractivity contribution in [3.8, 4) is 11.6 Å². The largest absolute Gasteiger partial charge is 0.439 e. The van der Waals surface area contributed by atoms with Crippen molar-refractivity contribution in [2.75, 3.05) is 0 Å². The molecule has 2 aromatic rings. The van der Waals surface area contributed by atoms with Gasteiger partial charge < -0.3 is 9.84 Å². The van der Waals surface area contributed by atoms with Gasteiger partial charge in [-0.3, -0.25) is 0 Å². The van der Waals surface area contributed by atoms with Crippen LogP contribution in [0.15, 0.2) is 36.5 Å². The van der Waals surface area contributed by atoms with Crippen LogP contribution in [0.25, 0.3) is 0 Å². The molecule has 2 rings (SSSR count). The van der Waals surface area contributed by atoms with Gasteiger partial charge in [0.2, 0.25) is 5.88 Å². The predicted molar refractivity (Wildman–Crippen MR) is 66.1 cm³/mol. The summed E-state index contributed by atoms with van der Waals surface area (Å²) in [5, 5.41) is 9.46. The summed E-state index contributed by atoms with van der Waals surface area (Å²) in [5.41, 5.74) is 1.23. The molecule has 0 bridgehead atoms. The second-order valence-corrected chi connectivity index (χ2v) is 4.12. The fourth-order valence-corrected chi connectivity index (χ4v) is 1.54. The van der Waals surface area contributed by atoms with Gasteiger partial charge in [-0.25, -0.2) is 9.37 Å². The number of ether oxygens (including phenoxy) is 1. The molecule has 0 aliphatic carbocycles. The summed E-state index contributed by atoms with van der Waals surface area (Å²) in [5.74, 6) is 0.622. The highest BCUT2D eigenvalue weighted by Gasteiger charge is 2.05. The topological polar surface area (TPSA) is 42.4 Å². The van der Waals surface area contributed by atoms with Crippen molar-refractivity contribution in [1.29, 1.82) is 0 Å². The van der Waals surface area contributed by atoms with Gasteiger partial charge in [0.05, 0.1) is 6.10 Å². The van der Waals surface area contributed by atoms with E-state index in [-0.39, 0.29) is 5.82 Å². The molecule has 0 aliphatic heterocycles. The van der Waals surface area contributed by atoms with Crippen LogP contribution in [-0.2, 0) is 0 Å². The lowest BCUT2D eigenvalue weighted by atomic mass is 10.2. The Morgan fingerprint density at radius 3 is 2.72 bits per heavy atom. The van der Waals surface area contributed by atoms with Gasteiger partial charge in [0, 0.05) is 12.3 Å². The van der Waals surface area contributed by atoms with E-state index < -0.39 is 6.10 Å². The van der Waals surface area contributed by atoms with E-state index in [9.17, 15) is 9.50 Å². The number of aliphatic hydroxyl groups is 1. The number of aryl methyl sites for hydroxylation is 1. The first kappa shape index (κ1) is 12.5. The number of nitrogens with zero attached hydrogens (tertiary/aromatic N) is 1. The van der Waals surface area contributed by atoms with Crippen LogP contribution in [0.3, 0.4) is 0 Å². The summed E-state index contributed by atoms with van der Waals surface area (Å²) in [6.07, 6.45) is 0.985. The van der Waals surface area contributed by atoms with E-state index in [1.165, 1.54) is 6.07 Å². The third-order valence-electron chi connectivity index (χ3n) is 2.59. The normalized spacial score (nSPS) is 12.2. The summed E-state index contributed by atoms with van der Waals surface area (Å²) in [7, 11) is 0. The minimum atomic E-state index is -0.578. The van der Waals surface area contributed by atoms with Gasteiger partial charge in [0.25, 0.3) is 0 Å². The SMILES string of the molecule is Cc1cc(Oc2cc(C(C)O)ccn2)ccc1F. The van der Waals surface area contributed by atoms with Crippen molar-refractivity contribution in [3.05, 3.63) is 53.5 Å². The van der Waals surface area contributed by atoms with Crippen LogP contribution in [0.2, 0.25) is 0 Å². The molecule has 1 aromatic heterocycles. The zero-order chi connectivity index (χ0) is 13.1. The number of rotatable bonds is 3. The number of benzene rings is 1. The molecule has 1 atom stereocenters. The van der Waals surface area contributed by atoms with Crippen molar-refractivity contribution in [3.63, 3.8) is 0 Å². The maximum Gasteiger partial charge on any atom is 0.219 e. The highest BCUT2D eigenvalue weighted by atomic mass is 19.1. The van der Waals surface area contributed by atoms with Gasteiger partial charge in [0.1, 0.15) is 11.6 Å². The molecule has 94 valence electrons. The minimum absolute atomic E-state index is 0.270. The average molecular weight is 247 g/mol. The molecular formula is C14H14FNO2. The smallest absolute Gasteiger partial charge is 0.219 e. The molecule has 0 spiro atoms. The molecule has 0 fully saturated rings. The Morgan fingerprint density at radius 1 is 1.28 bits per heavy atom. The van der Waals surface area contributed by atoms with Gasteiger partial charge in [-0.15, -0.1) is 0 Å². The van der Waals surface area contributed by atoms with Gasteiger partial charge in [0.15, 0.2) is 0 Å². The number of hydrogen-bond acceptors (Lipinski definition) is 3. The molecule has 0 saturated carbocycles. The molecule has 0 saturated heterocycles. The van der Waals surface area contributed by atoms with E-state index in [0.29, 0.717) is 17.2 Å². The van der Waals surface area contributed by atoms with E-state index in [2.05, 4.69) is 4.98 Å². The first-order valence-electron chi connectivity index (χ1n) is 5.64. The third kappa shape index (κ3) is 2.84. The summed E-state index contributed by atoms with van der Waals surface area (Å²) < 4.78 is 18.6. The Kier molecular flexibility index (Phi) is 3.58. The molecule has 4 heteroatoms.